The third-order valence-corrected chi connectivity index (χ3v) is 4.04. The van der Waals surface area contributed by atoms with E-state index in [1.165, 1.54) is 0 Å². The molecule has 20 heavy (non-hydrogen) atoms. The summed E-state index contributed by atoms with van der Waals surface area (Å²) in [5.41, 5.74) is -0.472. The number of nitrogens with zero attached hydrogens (tertiary/aromatic N) is 1. The van der Waals surface area contributed by atoms with Gasteiger partial charge in [0.05, 0.1) is 12.2 Å². The van der Waals surface area contributed by atoms with Crippen molar-refractivity contribution in [3.05, 3.63) is 0 Å². The molecule has 2 aliphatic rings. The second-order valence-electron chi connectivity index (χ2n) is 7.07. The molecule has 2 rings (SSSR count). The predicted molar refractivity (Wildman–Crippen MR) is 77.8 cm³/mol. The lowest BCUT2D eigenvalue weighted by atomic mass is 9.88. The quantitative estimate of drug-likeness (QED) is 0.740. The van der Waals surface area contributed by atoms with Gasteiger partial charge in [0.2, 0.25) is 0 Å². The van der Waals surface area contributed by atoms with Crippen molar-refractivity contribution in [2.24, 2.45) is 0 Å². The summed E-state index contributed by atoms with van der Waals surface area (Å²) >= 11 is 0. The Hall–Kier alpha value is -0.810. The number of nitrogens with one attached hydrogen (secondary N) is 1. The monoisotopic (exact) mass is 284 g/mol. The first-order chi connectivity index (χ1) is 9.30. The lowest BCUT2D eigenvalue weighted by Crippen LogP contribution is -2.49. The first-order valence-electron chi connectivity index (χ1n) is 7.65. The molecule has 0 unspecified atom stereocenters. The molecule has 0 aromatic rings. The van der Waals surface area contributed by atoms with Gasteiger partial charge in [-0.2, -0.15) is 0 Å². The van der Waals surface area contributed by atoms with Gasteiger partial charge in [0, 0.05) is 19.1 Å². The Morgan fingerprint density at radius 3 is 2.55 bits per heavy atom. The molecule has 2 saturated heterocycles. The van der Waals surface area contributed by atoms with Gasteiger partial charge in [0.1, 0.15) is 5.60 Å². The zero-order valence-electron chi connectivity index (χ0n) is 13.2. The van der Waals surface area contributed by atoms with E-state index in [2.05, 4.69) is 12.2 Å². The second-order valence-corrected chi connectivity index (χ2v) is 7.07. The molecule has 0 aromatic carbocycles. The van der Waals surface area contributed by atoms with Crippen molar-refractivity contribution in [2.75, 3.05) is 26.2 Å². The SMILES string of the molecule is C[C@@H]1COC2(CCN1)CCN(C(=O)OC(C)(C)C)CC2. The molecular formula is C15H28N2O3. The molecule has 0 bridgehead atoms. The van der Waals surface area contributed by atoms with Gasteiger partial charge < -0.3 is 19.7 Å². The maximum absolute atomic E-state index is 12.1. The van der Waals surface area contributed by atoms with Crippen molar-refractivity contribution in [1.82, 2.24) is 10.2 Å². The first-order valence-corrected chi connectivity index (χ1v) is 7.65. The van der Waals surface area contributed by atoms with Crippen LogP contribution in [0, 0.1) is 0 Å². The molecule has 1 atom stereocenters. The lowest BCUT2D eigenvalue weighted by molar-refractivity contribution is -0.0829. The first kappa shape index (κ1) is 15.6. The van der Waals surface area contributed by atoms with Gasteiger partial charge in [0.25, 0.3) is 0 Å². The van der Waals surface area contributed by atoms with Crippen LogP contribution in [-0.2, 0) is 9.47 Å². The predicted octanol–water partition coefficient (Wildman–Crippen LogP) is 2.15. The summed E-state index contributed by atoms with van der Waals surface area (Å²) in [7, 11) is 0. The van der Waals surface area contributed by atoms with E-state index in [0.717, 1.165) is 45.5 Å². The molecule has 2 aliphatic heterocycles. The van der Waals surface area contributed by atoms with E-state index in [-0.39, 0.29) is 11.7 Å². The summed E-state index contributed by atoms with van der Waals surface area (Å²) in [6.45, 7) is 11.1. The largest absolute Gasteiger partial charge is 0.444 e. The summed E-state index contributed by atoms with van der Waals surface area (Å²) < 4.78 is 11.6. The topological polar surface area (TPSA) is 50.8 Å². The highest BCUT2D eigenvalue weighted by molar-refractivity contribution is 5.68. The van der Waals surface area contributed by atoms with Gasteiger partial charge in [-0.1, -0.05) is 0 Å². The van der Waals surface area contributed by atoms with E-state index in [4.69, 9.17) is 9.47 Å². The highest BCUT2D eigenvalue weighted by Gasteiger charge is 2.38. The van der Waals surface area contributed by atoms with E-state index >= 15 is 0 Å². The number of piperidine rings is 1. The van der Waals surface area contributed by atoms with E-state index in [0.29, 0.717) is 6.04 Å². The van der Waals surface area contributed by atoms with Crippen LogP contribution in [0.25, 0.3) is 0 Å². The van der Waals surface area contributed by atoms with Gasteiger partial charge in [-0.3, -0.25) is 0 Å². The third-order valence-electron chi connectivity index (χ3n) is 4.04. The Morgan fingerprint density at radius 1 is 1.30 bits per heavy atom. The van der Waals surface area contributed by atoms with Crippen LogP contribution in [-0.4, -0.2) is 54.5 Å². The number of rotatable bonds is 0. The van der Waals surface area contributed by atoms with Crippen LogP contribution < -0.4 is 5.32 Å². The van der Waals surface area contributed by atoms with Crippen LogP contribution in [0.3, 0.4) is 0 Å². The molecule has 0 radical (unpaired) electrons. The van der Waals surface area contributed by atoms with E-state index in [1.54, 1.807) is 0 Å². The van der Waals surface area contributed by atoms with Crippen molar-refractivity contribution >= 4 is 6.09 Å². The van der Waals surface area contributed by atoms with E-state index in [9.17, 15) is 4.79 Å². The highest BCUT2D eigenvalue weighted by atomic mass is 16.6. The van der Waals surface area contributed by atoms with Crippen LogP contribution in [0.5, 0.6) is 0 Å². The van der Waals surface area contributed by atoms with Crippen molar-refractivity contribution in [2.45, 2.75) is 64.2 Å². The van der Waals surface area contributed by atoms with Crippen LogP contribution >= 0.6 is 0 Å². The summed E-state index contributed by atoms with van der Waals surface area (Å²) in [5, 5.41) is 3.45. The Morgan fingerprint density at radius 2 is 1.95 bits per heavy atom. The molecule has 1 N–H and O–H groups in total. The maximum atomic E-state index is 12.1. The molecule has 1 amide bonds. The summed E-state index contributed by atoms with van der Waals surface area (Å²) in [6.07, 6.45) is 2.63. The molecule has 0 aliphatic carbocycles. The maximum Gasteiger partial charge on any atom is 0.410 e. The number of carbonyl (C=O) groups is 1. The number of amides is 1. The molecule has 5 heteroatoms. The van der Waals surface area contributed by atoms with Gasteiger partial charge in [0.15, 0.2) is 0 Å². The normalized spacial score (nSPS) is 27.2. The van der Waals surface area contributed by atoms with E-state index < -0.39 is 5.60 Å². The average Bonchev–Trinajstić information content (AvgIpc) is 2.51. The minimum atomic E-state index is -0.426. The van der Waals surface area contributed by atoms with Gasteiger partial charge in [-0.15, -0.1) is 0 Å². The number of hydrogen-bond donors (Lipinski definition) is 1. The Kier molecular flexibility index (Phi) is 4.59. The smallest absolute Gasteiger partial charge is 0.410 e. The van der Waals surface area contributed by atoms with Crippen molar-refractivity contribution in [1.29, 1.82) is 0 Å². The third kappa shape index (κ3) is 4.09. The Labute approximate surface area is 122 Å². The minimum Gasteiger partial charge on any atom is -0.444 e. The standard InChI is InChI=1S/C15H28N2O3/c1-12-11-19-15(5-8-16-12)6-9-17(10-7-15)13(18)20-14(2,3)4/h12,16H,5-11H2,1-4H3/t12-/m1/s1. The van der Waals surface area contributed by atoms with Crippen molar-refractivity contribution in [3.63, 3.8) is 0 Å². The second kappa shape index (κ2) is 5.90. The molecule has 1 spiro atoms. The molecule has 0 aromatic heterocycles. The van der Waals surface area contributed by atoms with Crippen molar-refractivity contribution in [3.8, 4) is 0 Å². The zero-order chi connectivity index (χ0) is 14.8. The summed E-state index contributed by atoms with van der Waals surface area (Å²) in [4.78, 5) is 13.9. The van der Waals surface area contributed by atoms with Crippen LogP contribution in [0.2, 0.25) is 0 Å². The fourth-order valence-corrected chi connectivity index (χ4v) is 2.80. The van der Waals surface area contributed by atoms with Gasteiger partial charge in [-0.05, 0) is 53.5 Å². The lowest BCUT2D eigenvalue weighted by Gasteiger charge is -2.41. The van der Waals surface area contributed by atoms with E-state index in [1.807, 2.05) is 25.7 Å². The van der Waals surface area contributed by atoms with Gasteiger partial charge >= 0.3 is 6.09 Å². The zero-order valence-corrected chi connectivity index (χ0v) is 13.2. The fourth-order valence-electron chi connectivity index (χ4n) is 2.80. The molecule has 0 saturated carbocycles. The molecule has 2 heterocycles. The number of ether oxygens (including phenoxy) is 2. The molecule has 116 valence electrons. The number of carbonyl (C=O) groups excluding carboxylic acids is 1. The molecule has 5 nitrogen and oxygen atoms in total. The van der Waals surface area contributed by atoms with Crippen LogP contribution in [0.1, 0.15) is 47.0 Å². The summed E-state index contributed by atoms with van der Waals surface area (Å²) in [6, 6.07) is 0.415. The number of hydrogen-bond acceptors (Lipinski definition) is 4. The number of likely N-dealkylation sites (tertiary alicyclic amines) is 1. The Bertz CT molecular complexity index is 344. The average molecular weight is 284 g/mol. The summed E-state index contributed by atoms with van der Waals surface area (Å²) in [5.74, 6) is 0. The molecule has 2 fully saturated rings. The minimum absolute atomic E-state index is 0.0454. The van der Waals surface area contributed by atoms with Crippen LogP contribution in [0.4, 0.5) is 4.79 Å². The van der Waals surface area contributed by atoms with Gasteiger partial charge in [-0.25, -0.2) is 4.79 Å². The van der Waals surface area contributed by atoms with Crippen LogP contribution in [0.15, 0.2) is 0 Å². The fraction of sp³-hybridized carbons (Fsp3) is 0.933. The highest BCUT2D eigenvalue weighted by Crippen LogP contribution is 2.31. The Balaban J connectivity index is 1.87. The molecular weight excluding hydrogens is 256 g/mol. The van der Waals surface area contributed by atoms with Crippen molar-refractivity contribution < 1.29 is 14.3 Å².